The van der Waals surface area contributed by atoms with Gasteiger partial charge in [0.15, 0.2) is 0 Å². The van der Waals surface area contributed by atoms with E-state index in [-0.39, 0.29) is 0 Å². The van der Waals surface area contributed by atoms with Gasteiger partial charge in [-0.05, 0) is 0 Å². The van der Waals surface area contributed by atoms with Gasteiger partial charge in [0, 0.05) is 5.41 Å². The quantitative estimate of drug-likeness (QED) is 0.327. The van der Waals surface area contributed by atoms with Crippen LogP contribution < -0.4 is 0 Å². The van der Waals surface area contributed by atoms with Crippen LogP contribution in [0.5, 0.6) is 0 Å². The van der Waals surface area contributed by atoms with Gasteiger partial charge < -0.3 is 4.89 Å². The van der Waals surface area contributed by atoms with Gasteiger partial charge in [0.25, 0.3) is 0 Å². The predicted octanol–water partition coefficient (Wildman–Crippen LogP) is 1.07. The minimum Gasteiger partial charge on any atom is -0.332 e. The normalized spacial score (nSPS) is 19.2. The molecule has 1 aliphatic heterocycles. The van der Waals surface area contributed by atoms with E-state index in [9.17, 15) is 0 Å². The maximum absolute atomic E-state index is 4.25. The van der Waals surface area contributed by atoms with Crippen molar-refractivity contribution < 1.29 is 9.22 Å². The molecule has 0 spiro atoms. The van der Waals surface area contributed by atoms with Crippen molar-refractivity contribution >= 4 is 12.0 Å². The summed E-state index contributed by atoms with van der Waals surface area (Å²) >= 11 is 1.17. The van der Waals surface area contributed by atoms with Crippen LogP contribution in [0.25, 0.3) is 0 Å². The molecule has 1 aliphatic rings. The van der Waals surface area contributed by atoms with Gasteiger partial charge in [-0.2, -0.15) is 0 Å². The second kappa shape index (κ2) is 1.33. The van der Waals surface area contributed by atoms with E-state index in [1.807, 2.05) is 0 Å². The summed E-state index contributed by atoms with van der Waals surface area (Å²) in [5.41, 5.74) is 0. The van der Waals surface area contributed by atoms with E-state index in [0.717, 1.165) is 0 Å². The van der Waals surface area contributed by atoms with E-state index >= 15 is 0 Å². The van der Waals surface area contributed by atoms with E-state index in [1.165, 1.54) is 18.3 Å². The molecule has 3 heteroatoms. The first-order chi connectivity index (χ1) is 2.50. The largest absolute Gasteiger partial charge is 0.332 e. The summed E-state index contributed by atoms with van der Waals surface area (Å²) in [6, 6.07) is 0. The fraction of sp³-hybridized carbons (Fsp3) is 0. The Morgan fingerprint density at radius 2 is 2.60 bits per heavy atom. The highest BCUT2D eigenvalue weighted by Crippen LogP contribution is 2.11. The Kier molecular flexibility index (Phi) is 0.813. The Morgan fingerprint density at radius 3 is 2.80 bits per heavy atom. The maximum atomic E-state index is 4.25. The first-order valence-electron chi connectivity index (χ1n) is 1.14. The zero-order chi connectivity index (χ0) is 3.54. The molecule has 28 valence electrons. The zero-order valence-electron chi connectivity index (χ0n) is 2.38. The van der Waals surface area contributed by atoms with Gasteiger partial charge in [0.2, 0.25) is 0 Å². The third kappa shape index (κ3) is 0.560. The molecule has 0 atom stereocenters. The summed E-state index contributed by atoms with van der Waals surface area (Å²) in [7, 11) is 0. The van der Waals surface area contributed by atoms with Crippen molar-refractivity contribution in [3.63, 3.8) is 0 Å². The maximum Gasteiger partial charge on any atom is 0.139 e. The van der Waals surface area contributed by atoms with Crippen molar-refractivity contribution in [1.29, 1.82) is 0 Å². The molecule has 1 rings (SSSR count). The van der Waals surface area contributed by atoms with Crippen LogP contribution in [0.1, 0.15) is 0 Å². The van der Waals surface area contributed by atoms with Crippen molar-refractivity contribution in [3.05, 3.63) is 11.7 Å². The Hall–Kier alpha value is -0.150. The molecular weight excluding hydrogens is 88.1 g/mol. The van der Waals surface area contributed by atoms with Crippen LogP contribution in [0.2, 0.25) is 0 Å². The van der Waals surface area contributed by atoms with Gasteiger partial charge in [0.05, 0.1) is 12.0 Å². The lowest BCUT2D eigenvalue weighted by Gasteiger charge is -1.77. The molecule has 0 amide bonds. The first kappa shape index (κ1) is 3.06. The molecule has 5 heavy (non-hydrogen) atoms. The minimum absolute atomic E-state index is 1.17. The molecule has 0 radical (unpaired) electrons. The average molecular weight is 90.1 g/mol. The van der Waals surface area contributed by atoms with Crippen molar-refractivity contribution in [2.45, 2.75) is 0 Å². The fourth-order valence-electron chi connectivity index (χ4n) is 0.113. The van der Waals surface area contributed by atoms with Crippen LogP contribution in [0.4, 0.5) is 0 Å². The summed E-state index contributed by atoms with van der Waals surface area (Å²) in [5.74, 6) is 0. The van der Waals surface area contributed by atoms with Crippen molar-refractivity contribution in [3.8, 4) is 0 Å². The lowest BCUT2D eigenvalue weighted by Crippen LogP contribution is -1.58. The van der Waals surface area contributed by atoms with Crippen LogP contribution >= 0.6 is 12.0 Å². The third-order valence-corrected chi connectivity index (χ3v) is 0.625. The van der Waals surface area contributed by atoms with Gasteiger partial charge in [-0.25, -0.2) is 0 Å². The van der Waals surface area contributed by atoms with Crippen LogP contribution in [-0.4, -0.2) is 0 Å². The SMILES string of the molecule is C1=CSOO1. The highest BCUT2D eigenvalue weighted by Gasteiger charge is 1.86. The molecule has 0 aromatic carbocycles. The standard InChI is InChI=1S/C2H2O2S/c1-2-5-4-3-1/h1-2H. The molecule has 0 saturated carbocycles. The Morgan fingerprint density at radius 1 is 1.60 bits per heavy atom. The van der Waals surface area contributed by atoms with E-state index in [1.54, 1.807) is 5.41 Å². The Labute approximate surface area is 33.9 Å². The van der Waals surface area contributed by atoms with E-state index in [2.05, 4.69) is 9.22 Å². The van der Waals surface area contributed by atoms with Crippen LogP contribution in [0.3, 0.4) is 0 Å². The smallest absolute Gasteiger partial charge is 0.139 e. The lowest BCUT2D eigenvalue weighted by atomic mass is 11.2. The van der Waals surface area contributed by atoms with Gasteiger partial charge in [-0.3, -0.25) is 0 Å². The molecule has 0 unspecified atom stereocenters. The second-order valence-corrected chi connectivity index (χ2v) is 1.13. The van der Waals surface area contributed by atoms with Gasteiger partial charge in [0.1, 0.15) is 6.26 Å². The molecular formula is C2H2O2S. The molecule has 0 aliphatic carbocycles. The van der Waals surface area contributed by atoms with Crippen molar-refractivity contribution in [1.82, 2.24) is 0 Å². The minimum atomic E-state index is 1.17. The molecule has 1 heterocycles. The molecule has 0 N–H and O–H groups in total. The lowest BCUT2D eigenvalue weighted by molar-refractivity contribution is -0.121. The van der Waals surface area contributed by atoms with Crippen molar-refractivity contribution in [2.24, 2.45) is 0 Å². The Bertz CT molecular complexity index is 45.6. The molecule has 0 fully saturated rings. The highest BCUT2D eigenvalue weighted by molar-refractivity contribution is 7.97. The molecule has 2 nitrogen and oxygen atoms in total. The fourth-order valence-corrected chi connectivity index (χ4v) is 0.340. The van der Waals surface area contributed by atoms with Gasteiger partial charge in [-0.1, -0.05) is 0 Å². The average Bonchev–Trinajstić information content (AvgIpc) is 1.76. The van der Waals surface area contributed by atoms with E-state index in [0.29, 0.717) is 0 Å². The third-order valence-electron chi connectivity index (χ3n) is 0.245. The number of rotatable bonds is 0. The summed E-state index contributed by atoms with van der Waals surface area (Å²) in [4.78, 5) is 4.23. The summed E-state index contributed by atoms with van der Waals surface area (Å²) in [6.45, 7) is 0. The highest BCUT2D eigenvalue weighted by atomic mass is 32.2. The molecule has 0 aromatic rings. The van der Waals surface area contributed by atoms with Crippen molar-refractivity contribution in [2.75, 3.05) is 0 Å². The van der Waals surface area contributed by atoms with E-state index < -0.39 is 0 Å². The predicted molar refractivity (Wildman–Crippen MR) is 18.9 cm³/mol. The topological polar surface area (TPSA) is 18.5 Å². The summed E-state index contributed by atoms with van der Waals surface area (Å²) in [6.07, 6.45) is 1.48. The second-order valence-electron chi connectivity index (χ2n) is 0.533. The first-order valence-corrected chi connectivity index (χ1v) is 1.94. The molecule has 0 aromatic heterocycles. The van der Waals surface area contributed by atoms with Gasteiger partial charge >= 0.3 is 0 Å². The molecule has 0 saturated heterocycles. The Balaban J connectivity index is 2.32. The zero-order valence-corrected chi connectivity index (χ0v) is 3.20. The summed E-state index contributed by atoms with van der Waals surface area (Å²) in [5, 5.41) is 1.71. The number of hydrogen-bond donors (Lipinski definition) is 0. The number of hydrogen-bond acceptors (Lipinski definition) is 3. The van der Waals surface area contributed by atoms with Gasteiger partial charge in [-0.15, -0.1) is 4.33 Å². The summed E-state index contributed by atoms with van der Waals surface area (Å²) < 4.78 is 4.25. The monoisotopic (exact) mass is 90.0 g/mol. The van der Waals surface area contributed by atoms with E-state index in [4.69, 9.17) is 0 Å². The molecule has 0 bridgehead atoms. The van der Waals surface area contributed by atoms with Crippen LogP contribution in [0.15, 0.2) is 11.7 Å². The van der Waals surface area contributed by atoms with Crippen LogP contribution in [0, 0.1) is 0 Å². The van der Waals surface area contributed by atoms with Crippen LogP contribution in [-0.2, 0) is 9.22 Å².